The smallest absolute Gasteiger partial charge is 0.302 e. The topological polar surface area (TPSA) is 82.1 Å². The second-order valence-electron chi connectivity index (χ2n) is 16.6. The minimum absolute atomic E-state index is 0.0186. The van der Waals surface area contributed by atoms with E-state index in [9.17, 15) is 14.7 Å². The van der Waals surface area contributed by atoms with Gasteiger partial charge in [0.1, 0.15) is 12.2 Å². The average Bonchev–Trinajstić information content (AvgIpc) is 3.39. The van der Waals surface area contributed by atoms with Crippen LogP contribution >= 0.6 is 0 Å². The lowest BCUT2D eigenvalue weighted by Gasteiger charge is -2.70. The Morgan fingerprint density at radius 1 is 0.800 bits per heavy atom. The fourth-order valence-electron chi connectivity index (χ4n) is 11.8. The zero-order valence-electron chi connectivity index (χ0n) is 26.9. The Kier molecular flexibility index (Phi) is 7.15. The summed E-state index contributed by atoms with van der Waals surface area (Å²) in [5.41, 5.74) is -1.10. The number of hydrogen-bond acceptors (Lipinski definition) is 6. The first-order valence-corrected chi connectivity index (χ1v) is 16.0. The quantitative estimate of drug-likeness (QED) is 0.379. The fourth-order valence-corrected chi connectivity index (χ4v) is 11.8. The molecule has 5 rings (SSSR count). The van der Waals surface area contributed by atoms with Crippen molar-refractivity contribution in [3.63, 3.8) is 0 Å². The van der Waals surface area contributed by atoms with Gasteiger partial charge < -0.3 is 19.3 Å². The molecule has 0 amide bonds. The molecule has 6 nitrogen and oxygen atoms in total. The summed E-state index contributed by atoms with van der Waals surface area (Å²) >= 11 is 0. The van der Waals surface area contributed by atoms with Crippen molar-refractivity contribution in [2.24, 2.45) is 45.3 Å². The number of ether oxygens (including phenoxy) is 3. The molecule has 0 aromatic heterocycles. The van der Waals surface area contributed by atoms with Gasteiger partial charge in [-0.1, -0.05) is 34.6 Å². The maximum atomic E-state index is 12.6. The second-order valence-corrected chi connectivity index (χ2v) is 16.6. The first-order chi connectivity index (χ1) is 18.3. The molecule has 5 aliphatic rings. The Morgan fingerprint density at radius 3 is 2.00 bits per heavy atom. The Hall–Kier alpha value is -1.14. The van der Waals surface area contributed by atoms with E-state index in [-0.39, 0.29) is 69.3 Å². The monoisotopic (exact) mass is 560 g/mol. The molecule has 5 fully saturated rings. The molecule has 1 N–H and O–H groups in total. The molecular formula is C34H56O6. The van der Waals surface area contributed by atoms with Gasteiger partial charge in [-0.2, -0.15) is 0 Å². The van der Waals surface area contributed by atoms with Gasteiger partial charge in [-0.15, -0.1) is 0 Å². The molecule has 3 unspecified atom stereocenters. The van der Waals surface area contributed by atoms with Crippen LogP contribution < -0.4 is 0 Å². The zero-order valence-corrected chi connectivity index (χ0v) is 26.9. The highest BCUT2D eigenvalue weighted by atomic mass is 16.6. The van der Waals surface area contributed by atoms with E-state index in [4.69, 9.17) is 14.2 Å². The number of esters is 2. The summed E-state index contributed by atoms with van der Waals surface area (Å²) in [6.07, 6.45) is 8.68. The first kappa shape index (κ1) is 30.3. The minimum Gasteiger partial charge on any atom is -0.462 e. The van der Waals surface area contributed by atoms with Gasteiger partial charge in [0.25, 0.3) is 0 Å². The number of fused-ring (bicyclic) bond motifs is 5. The van der Waals surface area contributed by atoms with Crippen LogP contribution in [-0.2, 0) is 23.8 Å². The predicted octanol–water partition coefficient (Wildman–Crippen LogP) is 6.85. The average molecular weight is 561 g/mol. The van der Waals surface area contributed by atoms with Crippen molar-refractivity contribution in [2.45, 2.75) is 157 Å². The molecule has 228 valence electrons. The Balaban J connectivity index is 1.52. The molecule has 0 aromatic carbocycles. The lowest BCUT2D eigenvalue weighted by Crippen LogP contribution is -2.67. The van der Waals surface area contributed by atoms with E-state index >= 15 is 0 Å². The number of rotatable bonds is 4. The van der Waals surface area contributed by atoms with E-state index in [0.29, 0.717) is 11.8 Å². The van der Waals surface area contributed by atoms with E-state index < -0.39 is 5.60 Å². The summed E-state index contributed by atoms with van der Waals surface area (Å²) < 4.78 is 19.0. The highest BCUT2D eigenvalue weighted by Gasteiger charge is 2.72. The summed E-state index contributed by atoms with van der Waals surface area (Å²) in [6.45, 7) is 21.2. The molecular weight excluding hydrogens is 504 g/mol. The number of aliphatic hydroxyl groups is 1. The van der Waals surface area contributed by atoms with Crippen molar-refractivity contribution in [2.75, 3.05) is 0 Å². The van der Waals surface area contributed by atoms with Crippen molar-refractivity contribution in [1.29, 1.82) is 0 Å². The second kappa shape index (κ2) is 9.43. The van der Waals surface area contributed by atoms with Crippen LogP contribution in [0.15, 0.2) is 0 Å². The van der Waals surface area contributed by atoms with Gasteiger partial charge in [0, 0.05) is 25.2 Å². The van der Waals surface area contributed by atoms with Crippen LogP contribution in [0.4, 0.5) is 0 Å². The Morgan fingerprint density at radius 2 is 1.43 bits per heavy atom. The summed E-state index contributed by atoms with van der Waals surface area (Å²) in [5, 5.41) is 10.8. The molecule has 0 aromatic rings. The lowest BCUT2D eigenvalue weighted by atomic mass is 9.35. The molecule has 0 spiro atoms. The third kappa shape index (κ3) is 4.31. The van der Waals surface area contributed by atoms with Gasteiger partial charge in [-0.25, -0.2) is 0 Å². The molecule has 0 radical (unpaired) electrons. The van der Waals surface area contributed by atoms with E-state index in [0.717, 1.165) is 57.8 Å². The van der Waals surface area contributed by atoms with Gasteiger partial charge in [0.05, 0.1) is 17.3 Å². The number of hydrogen-bond donors (Lipinski definition) is 1. The molecule has 6 heteroatoms. The van der Waals surface area contributed by atoms with Gasteiger partial charge in [0.2, 0.25) is 0 Å². The Labute approximate surface area is 242 Å². The van der Waals surface area contributed by atoms with Crippen LogP contribution in [0.5, 0.6) is 0 Å². The molecule has 1 aliphatic heterocycles. The van der Waals surface area contributed by atoms with Gasteiger partial charge in [-0.3, -0.25) is 9.59 Å². The highest BCUT2D eigenvalue weighted by Crippen LogP contribution is 2.76. The minimum atomic E-state index is -0.872. The third-order valence-corrected chi connectivity index (χ3v) is 13.8. The van der Waals surface area contributed by atoms with Crippen LogP contribution in [0, 0.1) is 45.3 Å². The normalized spacial score (nSPS) is 49.9. The van der Waals surface area contributed by atoms with Crippen LogP contribution in [0.2, 0.25) is 0 Å². The van der Waals surface area contributed by atoms with Gasteiger partial charge in [-0.05, 0) is 113 Å². The van der Waals surface area contributed by atoms with E-state index in [2.05, 4.69) is 41.5 Å². The largest absolute Gasteiger partial charge is 0.462 e. The van der Waals surface area contributed by atoms with Crippen LogP contribution in [0.25, 0.3) is 0 Å². The summed E-state index contributed by atoms with van der Waals surface area (Å²) in [7, 11) is 0. The fraction of sp³-hybridized carbons (Fsp3) is 0.941. The van der Waals surface area contributed by atoms with E-state index in [1.54, 1.807) is 6.92 Å². The summed E-state index contributed by atoms with van der Waals surface area (Å²) in [6, 6.07) is 0. The maximum Gasteiger partial charge on any atom is 0.302 e. The van der Waals surface area contributed by atoms with Gasteiger partial charge in [0.15, 0.2) is 0 Å². The van der Waals surface area contributed by atoms with E-state index in [1.165, 1.54) is 6.92 Å². The molecule has 1 saturated heterocycles. The van der Waals surface area contributed by atoms with Crippen molar-refractivity contribution in [3.05, 3.63) is 0 Å². The molecule has 1 heterocycles. The third-order valence-electron chi connectivity index (χ3n) is 13.8. The number of carbonyl (C=O) groups is 2. The van der Waals surface area contributed by atoms with Crippen LogP contribution in [0.1, 0.15) is 127 Å². The molecule has 40 heavy (non-hydrogen) atoms. The van der Waals surface area contributed by atoms with E-state index in [1.807, 2.05) is 13.8 Å². The number of carbonyl (C=O) groups excluding carboxylic acids is 2. The van der Waals surface area contributed by atoms with Crippen LogP contribution in [0.3, 0.4) is 0 Å². The molecule has 4 aliphatic carbocycles. The van der Waals surface area contributed by atoms with Crippen molar-refractivity contribution in [3.8, 4) is 0 Å². The standard InChI is InChI=1S/C34H56O6/c1-20(35)38-23-19-25-31(7)15-13-26(39-21(2)36)29(3,4)24(31)12-17-32(25,8)33(9)16-11-22(28(23)33)34(10)18-14-27(40-34)30(5,6)37/h22-28,37H,11-19H2,1-10H3/t22-,23+,24?,25?,26+,27-,28?,31-,32+,33+,34+/m0/s1. The molecule has 0 bridgehead atoms. The van der Waals surface area contributed by atoms with Gasteiger partial charge >= 0.3 is 11.9 Å². The van der Waals surface area contributed by atoms with Crippen molar-refractivity contribution >= 4 is 11.9 Å². The molecule has 4 saturated carbocycles. The van der Waals surface area contributed by atoms with Crippen molar-refractivity contribution < 1.29 is 28.9 Å². The highest BCUT2D eigenvalue weighted by molar-refractivity contribution is 5.66. The van der Waals surface area contributed by atoms with Crippen LogP contribution in [-0.4, -0.2) is 46.6 Å². The Bertz CT molecular complexity index is 1030. The predicted molar refractivity (Wildman–Crippen MR) is 154 cm³/mol. The lowest BCUT2D eigenvalue weighted by molar-refractivity contribution is -0.254. The summed E-state index contributed by atoms with van der Waals surface area (Å²) in [5.74, 6) is 1.00. The SMILES string of the molecule is CC(=O)O[C@@H]1CC2[C@@]3(C)CC[C@@H](OC(C)=O)C(C)(C)C3CC[C@@]2(C)[C@]2(C)CC[C@H]([C@@]3(C)CC[C@@H](C(C)(C)O)O3)C12. The van der Waals surface area contributed by atoms with Crippen molar-refractivity contribution in [1.82, 2.24) is 0 Å². The zero-order chi connectivity index (χ0) is 29.7. The molecule has 11 atom stereocenters. The maximum absolute atomic E-state index is 12.6. The summed E-state index contributed by atoms with van der Waals surface area (Å²) in [4.78, 5) is 24.6. The first-order valence-electron chi connectivity index (χ1n) is 16.0.